The highest BCUT2D eigenvalue weighted by atomic mass is 32.1. The molecule has 14 heteroatoms. The number of aromatic nitrogens is 1. The zero-order valence-corrected chi connectivity index (χ0v) is 32.4. The van der Waals surface area contributed by atoms with Crippen LogP contribution >= 0.6 is 11.3 Å². The van der Waals surface area contributed by atoms with Crippen molar-refractivity contribution in [3.8, 4) is 16.2 Å². The van der Waals surface area contributed by atoms with Crippen LogP contribution in [0.3, 0.4) is 0 Å². The zero-order valence-electron chi connectivity index (χ0n) is 31.6. The molecule has 4 amide bonds. The topological polar surface area (TPSA) is 162 Å². The van der Waals surface area contributed by atoms with Gasteiger partial charge < -0.3 is 36.0 Å². The van der Waals surface area contributed by atoms with Crippen LogP contribution in [-0.2, 0) is 25.7 Å². The number of nitrogens with one attached hydrogen (secondary N) is 4. The van der Waals surface area contributed by atoms with Crippen molar-refractivity contribution >= 4 is 35.0 Å². The molecule has 3 heterocycles. The van der Waals surface area contributed by atoms with Crippen molar-refractivity contribution in [1.82, 2.24) is 31.2 Å². The zero-order chi connectivity index (χ0) is 38.2. The smallest absolute Gasteiger partial charge is 0.258 e. The number of β-amino-alcohol motifs (C(OH)–C–C–N with tert-alkyl or cyclic N) is 1. The van der Waals surface area contributed by atoms with Crippen molar-refractivity contribution < 1.29 is 33.4 Å². The van der Waals surface area contributed by atoms with E-state index < -0.39 is 47.0 Å². The number of rotatable bonds is 17. The molecule has 1 aromatic heterocycles. The van der Waals surface area contributed by atoms with Gasteiger partial charge in [-0.1, -0.05) is 52.2 Å². The highest BCUT2D eigenvalue weighted by molar-refractivity contribution is 7.13. The van der Waals surface area contributed by atoms with Gasteiger partial charge in [0.15, 0.2) is 5.67 Å². The number of carbonyl (C=O) groups is 4. The van der Waals surface area contributed by atoms with Crippen molar-refractivity contribution in [2.45, 2.75) is 122 Å². The summed E-state index contributed by atoms with van der Waals surface area (Å²) in [6, 6.07) is 3.83. The third-order valence-corrected chi connectivity index (χ3v) is 11.4. The lowest BCUT2D eigenvalue weighted by Crippen LogP contribution is -2.59. The van der Waals surface area contributed by atoms with E-state index in [1.165, 1.54) is 4.90 Å². The number of ether oxygens (including phenoxy) is 1. The summed E-state index contributed by atoms with van der Waals surface area (Å²) in [4.78, 5) is 59.1. The van der Waals surface area contributed by atoms with Crippen LogP contribution in [0.25, 0.3) is 10.4 Å². The third kappa shape index (κ3) is 11.0. The predicted octanol–water partition coefficient (Wildman–Crippen LogP) is 4.17. The summed E-state index contributed by atoms with van der Waals surface area (Å²) in [5.74, 6) is -0.895. The Labute approximate surface area is 316 Å². The molecule has 5 N–H and O–H groups in total. The molecule has 5 rings (SSSR count). The van der Waals surface area contributed by atoms with Gasteiger partial charge in [0.2, 0.25) is 17.7 Å². The maximum atomic E-state index is 14.5. The average molecular weight is 757 g/mol. The summed E-state index contributed by atoms with van der Waals surface area (Å²) in [7, 11) is 0. The molecule has 4 atom stereocenters. The van der Waals surface area contributed by atoms with E-state index in [9.17, 15) is 28.7 Å². The first-order valence-electron chi connectivity index (χ1n) is 19.2. The number of amides is 4. The van der Waals surface area contributed by atoms with E-state index in [2.05, 4.69) is 26.3 Å². The second kappa shape index (κ2) is 18.1. The number of unbranched alkanes of at least 4 members (excludes halogenated alkanes) is 4. The van der Waals surface area contributed by atoms with Crippen LogP contribution < -0.4 is 26.0 Å². The molecule has 3 fully saturated rings. The molecule has 292 valence electrons. The summed E-state index contributed by atoms with van der Waals surface area (Å²) in [6.07, 6.45) is 6.20. The minimum Gasteiger partial charge on any atom is -0.493 e. The minimum absolute atomic E-state index is 0.0484. The number of benzene rings is 1. The van der Waals surface area contributed by atoms with Crippen LogP contribution in [0.2, 0.25) is 0 Å². The number of hydrogen-bond donors (Lipinski definition) is 5. The van der Waals surface area contributed by atoms with E-state index in [4.69, 9.17) is 4.74 Å². The number of halogens is 1. The van der Waals surface area contributed by atoms with Gasteiger partial charge in [0.1, 0.15) is 17.8 Å². The summed E-state index contributed by atoms with van der Waals surface area (Å²) in [5, 5.41) is 22.5. The van der Waals surface area contributed by atoms with Crippen molar-refractivity contribution in [3.63, 3.8) is 0 Å². The van der Waals surface area contributed by atoms with Gasteiger partial charge in [-0.15, -0.1) is 11.3 Å². The molecule has 53 heavy (non-hydrogen) atoms. The fourth-order valence-electron chi connectivity index (χ4n) is 6.94. The van der Waals surface area contributed by atoms with Crippen LogP contribution in [0, 0.1) is 18.3 Å². The van der Waals surface area contributed by atoms with Crippen LogP contribution in [-0.4, -0.2) is 95.3 Å². The minimum atomic E-state index is -1.95. The maximum Gasteiger partial charge on any atom is 0.258 e. The van der Waals surface area contributed by atoms with Gasteiger partial charge in [-0.2, -0.15) is 0 Å². The second-order valence-electron chi connectivity index (χ2n) is 15.9. The van der Waals surface area contributed by atoms with Gasteiger partial charge in [0.25, 0.3) is 5.91 Å². The van der Waals surface area contributed by atoms with Crippen molar-refractivity contribution in [2.75, 3.05) is 32.8 Å². The quantitative estimate of drug-likeness (QED) is 0.150. The molecule has 0 radical (unpaired) electrons. The number of nitrogens with zero attached hydrogens (tertiary/aromatic N) is 2. The Morgan fingerprint density at radius 2 is 1.87 bits per heavy atom. The average Bonchev–Trinajstić information content (AvgIpc) is 3.54. The molecule has 0 spiro atoms. The van der Waals surface area contributed by atoms with Crippen molar-refractivity contribution in [1.29, 1.82) is 0 Å². The Kier molecular flexibility index (Phi) is 13.9. The molecular weight excluding hydrogens is 700 g/mol. The molecule has 1 unspecified atom stereocenters. The number of aliphatic hydroxyl groups is 1. The highest BCUT2D eigenvalue weighted by Gasteiger charge is 2.53. The van der Waals surface area contributed by atoms with Gasteiger partial charge in [0, 0.05) is 38.2 Å². The summed E-state index contributed by atoms with van der Waals surface area (Å²) in [6.45, 7) is 10.3. The van der Waals surface area contributed by atoms with Crippen LogP contribution in [0.1, 0.15) is 96.2 Å². The number of alkyl halides is 1. The maximum absolute atomic E-state index is 14.5. The van der Waals surface area contributed by atoms with Crippen LogP contribution in [0.5, 0.6) is 5.75 Å². The van der Waals surface area contributed by atoms with E-state index in [-0.39, 0.29) is 44.2 Å². The van der Waals surface area contributed by atoms with Gasteiger partial charge in [-0.05, 0) is 69.0 Å². The Hall–Kier alpha value is -3.62. The Balaban J connectivity index is 1.15. The molecule has 3 aliphatic rings. The molecule has 1 saturated carbocycles. The number of aliphatic hydroxyl groups excluding tert-OH is 1. The lowest BCUT2D eigenvalue weighted by atomic mass is 9.85. The fourth-order valence-corrected chi connectivity index (χ4v) is 7.75. The molecule has 2 aliphatic heterocycles. The van der Waals surface area contributed by atoms with Gasteiger partial charge in [0.05, 0.1) is 34.7 Å². The lowest BCUT2D eigenvalue weighted by Gasteiger charge is -2.35. The summed E-state index contributed by atoms with van der Waals surface area (Å²) < 4.78 is 20.9. The first-order valence-corrected chi connectivity index (χ1v) is 20.1. The molecule has 1 aliphatic carbocycles. The molecule has 12 nitrogen and oxygen atoms in total. The van der Waals surface area contributed by atoms with Gasteiger partial charge in [-0.25, -0.2) is 9.37 Å². The van der Waals surface area contributed by atoms with Crippen LogP contribution in [0.4, 0.5) is 4.39 Å². The predicted molar refractivity (Wildman–Crippen MR) is 202 cm³/mol. The molecule has 1 aromatic carbocycles. The second-order valence-corrected chi connectivity index (χ2v) is 16.7. The van der Waals surface area contributed by atoms with E-state index >= 15 is 0 Å². The summed E-state index contributed by atoms with van der Waals surface area (Å²) in [5.41, 5.74) is 1.74. The standard InChI is InChI=1S/C39H57FN6O6S/c1-25-32(53-24-44-25)26-12-13-27(31(19-26)52-18-9-7-5-6-8-17-42-34(48)28-11-10-16-41-21-28)22-43-35(49)30-20-29(47)23-46(30)36(50)33(38(2,3)4)45-37(51)39(40)14-15-39/h12-13,19,24,28-30,33,41,47H,5-11,14-18,20-23H2,1-4H3,(H,42,48)(H,43,49)(H,45,51)/t28?,29-,30+,33-/m1/s1. The van der Waals surface area contributed by atoms with E-state index in [0.29, 0.717) is 18.9 Å². The Bertz CT molecular complexity index is 1590. The Morgan fingerprint density at radius 1 is 1.11 bits per heavy atom. The molecular formula is C39H57FN6O6S. The number of likely N-dealkylation sites (tertiary alicyclic amines) is 1. The normalized spacial score (nSPS) is 21.5. The first-order chi connectivity index (χ1) is 25.3. The first kappa shape index (κ1) is 40.6. The molecule has 2 saturated heterocycles. The van der Waals surface area contributed by atoms with Crippen molar-refractivity contribution in [3.05, 3.63) is 35.0 Å². The number of piperidine rings is 1. The van der Waals surface area contributed by atoms with E-state index in [0.717, 1.165) is 79.7 Å². The molecule has 0 bridgehead atoms. The number of carbonyl (C=O) groups excluding carboxylic acids is 4. The highest BCUT2D eigenvalue weighted by Crippen LogP contribution is 2.40. The SMILES string of the molecule is Cc1ncsc1-c1ccc(CNC(=O)[C@@H]2C[C@@H](O)CN2C(=O)[C@@H](NC(=O)C2(F)CC2)C(C)(C)C)c(OCCCCCCCNC(=O)C2CCCNC2)c1. The number of hydrogen-bond acceptors (Lipinski definition) is 9. The van der Waals surface area contributed by atoms with Gasteiger partial charge in [-0.3, -0.25) is 19.2 Å². The van der Waals surface area contributed by atoms with Crippen LogP contribution in [0.15, 0.2) is 23.7 Å². The van der Waals surface area contributed by atoms with Gasteiger partial charge >= 0.3 is 0 Å². The summed E-state index contributed by atoms with van der Waals surface area (Å²) >= 11 is 1.54. The largest absolute Gasteiger partial charge is 0.493 e. The number of aryl methyl sites for hydroxylation is 1. The molecule has 2 aromatic rings. The van der Waals surface area contributed by atoms with Crippen molar-refractivity contribution in [2.24, 2.45) is 11.3 Å². The Morgan fingerprint density at radius 3 is 2.55 bits per heavy atom. The van der Waals surface area contributed by atoms with E-state index in [1.807, 2.05) is 25.1 Å². The monoisotopic (exact) mass is 756 g/mol. The fraction of sp³-hybridized carbons (Fsp3) is 0.667. The lowest BCUT2D eigenvalue weighted by molar-refractivity contribution is -0.145. The van der Waals surface area contributed by atoms with E-state index in [1.54, 1.807) is 37.6 Å². The number of thiazole rings is 1. The third-order valence-electron chi connectivity index (χ3n) is 10.4.